The molecule has 1 aromatic heterocycles. The van der Waals surface area contributed by atoms with Crippen LogP contribution in [0, 0.1) is 6.92 Å². The molecule has 0 unspecified atom stereocenters. The zero-order chi connectivity index (χ0) is 18.4. The highest BCUT2D eigenvalue weighted by Gasteiger charge is 2.10. The zero-order valence-corrected chi connectivity index (χ0v) is 15.8. The Morgan fingerprint density at radius 3 is 2.69 bits per heavy atom. The van der Waals surface area contributed by atoms with Gasteiger partial charge in [-0.15, -0.1) is 0 Å². The van der Waals surface area contributed by atoms with E-state index in [9.17, 15) is 0 Å². The third-order valence-electron chi connectivity index (χ3n) is 4.10. The fraction of sp³-hybridized carbons (Fsp3) is 0.444. The van der Waals surface area contributed by atoms with E-state index in [1.54, 1.807) is 7.11 Å². The summed E-state index contributed by atoms with van der Waals surface area (Å²) in [6.45, 7) is 7.24. The first-order valence-electron chi connectivity index (χ1n) is 8.64. The molecular formula is C18H24ClN5O2. The number of rotatable bonds is 7. The molecule has 1 saturated heterocycles. The van der Waals surface area contributed by atoms with Gasteiger partial charge in [0.05, 0.1) is 25.3 Å². The lowest BCUT2D eigenvalue weighted by molar-refractivity contribution is 0.0398. The number of methoxy groups -OCH3 is 1. The number of hydrogen-bond donors (Lipinski definition) is 2. The first-order valence-corrected chi connectivity index (χ1v) is 9.02. The standard InChI is InChI=1S/C18H24ClN5O2/c1-13-21-17(20-5-6-24-7-9-26-10-8-24)12-18(22-13)23-14-3-4-16(25-2)15(19)11-14/h3-4,11-12H,5-10H2,1-2H3,(H2,20,21,22,23). The second kappa shape index (κ2) is 9.02. The van der Waals surface area contributed by atoms with Crippen molar-refractivity contribution in [2.24, 2.45) is 0 Å². The number of morpholine rings is 1. The second-order valence-corrected chi connectivity index (χ2v) is 6.45. The van der Waals surface area contributed by atoms with Crippen molar-refractivity contribution in [3.63, 3.8) is 0 Å². The van der Waals surface area contributed by atoms with Crippen molar-refractivity contribution < 1.29 is 9.47 Å². The van der Waals surface area contributed by atoms with E-state index in [0.717, 1.165) is 50.9 Å². The summed E-state index contributed by atoms with van der Waals surface area (Å²) >= 11 is 6.18. The van der Waals surface area contributed by atoms with E-state index in [4.69, 9.17) is 21.1 Å². The molecule has 0 aliphatic carbocycles. The van der Waals surface area contributed by atoms with Gasteiger partial charge < -0.3 is 20.1 Å². The van der Waals surface area contributed by atoms with Crippen LogP contribution in [-0.4, -0.2) is 61.4 Å². The SMILES string of the molecule is COc1ccc(Nc2cc(NCCN3CCOCC3)nc(C)n2)cc1Cl. The van der Waals surface area contributed by atoms with Crippen LogP contribution in [0.3, 0.4) is 0 Å². The summed E-state index contributed by atoms with van der Waals surface area (Å²) in [7, 11) is 1.59. The molecule has 26 heavy (non-hydrogen) atoms. The van der Waals surface area contributed by atoms with Crippen LogP contribution >= 0.6 is 11.6 Å². The number of anilines is 3. The van der Waals surface area contributed by atoms with Gasteiger partial charge in [0.25, 0.3) is 0 Å². The highest BCUT2D eigenvalue weighted by atomic mass is 35.5. The molecular weight excluding hydrogens is 354 g/mol. The minimum Gasteiger partial charge on any atom is -0.495 e. The Labute approximate surface area is 158 Å². The predicted molar refractivity (Wildman–Crippen MR) is 104 cm³/mol. The van der Waals surface area contributed by atoms with E-state index < -0.39 is 0 Å². The number of hydrogen-bond acceptors (Lipinski definition) is 7. The van der Waals surface area contributed by atoms with Crippen molar-refractivity contribution >= 4 is 28.9 Å². The average molecular weight is 378 g/mol. The Balaban J connectivity index is 1.60. The topological polar surface area (TPSA) is 71.5 Å². The third kappa shape index (κ3) is 5.20. The van der Waals surface area contributed by atoms with Gasteiger partial charge in [-0.2, -0.15) is 0 Å². The van der Waals surface area contributed by atoms with E-state index in [0.29, 0.717) is 22.4 Å². The Hall–Kier alpha value is -2.09. The van der Waals surface area contributed by atoms with Gasteiger partial charge in [0, 0.05) is 37.9 Å². The smallest absolute Gasteiger partial charge is 0.137 e. The number of ether oxygens (including phenoxy) is 2. The summed E-state index contributed by atoms with van der Waals surface area (Å²) in [5.74, 6) is 2.85. The third-order valence-corrected chi connectivity index (χ3v) is 4.40. The maximum absolute atomic E-state index is 6.18. The lowest BCUT2D eigenvalue weighted by Crippen LogP contribution is -2.39. The summed E-state index contributed by atoms with van der Waals surface area (Å²) in [5, 5.41) is 7.18. The molecule has 7 nitrogen and oxygen atoms in total. The number of aromatic nitrogens is 2. The van der Waals surface area contributed by atoms with Gasteiger partial charge in [-0.05, 0) is 25.1 Å². The van der Waals surface area contributed by atoms with Crippen molar-refractivity contribution in [1.29, 1.82) is 0 Å². The summed E-state index contributed by atoms with van der Waals surface area (Å²) in [4.78, 5) is 11.3. The average Bonchev–Trinajstić information content (AvgIpc) is 2.62. The Morgan fingerprint density at radius 2 is 1.96 bits per heavy atom. The van der Waals surface area contributed by atoms with E-state index in [1.165, 1.54) is 0 Å². The molecule has 0 saturated carbocycles. The molecule has 0 radical (unpaired) electrons. The molecule has 0 amide bonds. The van der Waals surface area contributed by atoms with Gasteiger partial charge in [0.1, 0.15) is 23.2 Å². The van der Waals surface area contributed by atoms with Gasteiger partial charge in [0.15, 0.2) is 0 Å². The molecule has 0 spiro atoms. The second-order valence-electron chi connectivity index (χ2n) is 6.04. The normalized spacial score (nSPS) is 14.9. The molecule has 1 aliphatic heterocycles. The Morgan fingerprint density at radius 1 is 1.19 bits per heavy atom. The fourth-order valence-electron chi connectivity index (χ4n) is 2.78. The van der Waals surface area contributed by atoms with Crippen LogP contribution in [0.5, 0.6) is 5.75 Å². The Kier molecular flexibility index (Phi) is 6.49. The molecule has 0 atom stereocenters. The first kappa shape index (κ1) is 18.7. The summed E-state index contributed by atoms with van der Waals surface area (Å²) < 4.78 is 10.5. The largest absolute Gasteiger partial charge is 0.495 e. The molecule has 8 heteroatoms. The zero-order valence-electron chi connectivity index (χ0n) is 15.1. The molecule has 2 aromatic rings. The number of aryl methyl sites for hydroxylation is 1. The van der Waals surface area contributed by atoms with Gasteiger partial charge in [-0.3, -0.25) is 4.90 Å². The van der Waals surface area contributed by atoms with E-state index >= 15 is 0 Å². The number of nitrogens with zero attached hydrogens (tertiary/aromatic N) is 3. The molecule has 1 aromatic carbocycles. The van der Waals surface area contributed by atoms with Crippen LogP contribution in [0.1, 0.15) is 5.82 Å². The highest BCUT2D eigenvalue weighted by molar-refractivity contribution is 6.32. The van der Waals surface area contributed by atoms with Crippen LogP contribution < -0.4 is 15.4 Å². The van der Waals surface area contributed by atoms with E-state index in [2.05, 4.69) is 25.5 Å². The maximum atomic E-state index is 6.18. The fourth-order valence-corrected chi connectivity index (χ4v) is 3.04. The van der Waals surface area contributed by atoms with Gasteiger partial charge in [-0.1, -0.05) is 11.6 Å². The van der Waals surface area contributed by atoms with E-state index in [-0.39, 0.29) is 0 Å². The molecule has 3 rings (SSSR count). The Bertz CT molecular complexity index is 738. The van der Waals surface area contributed by atoms with Crippen LogP contribution in [0.15, 0.2) is 24.3 Å². The van der Waals surface area contributed by atoms with Crippen LogP contribution in [-0.2, 0) is 4.74 Å². The summed E-state index contributed by atoms with van der Waals surface area (Å²) in [6.07, 6.45) is 0. The van der Waals surface area contributed by atoms with Gasteiger partial charge >= 0.3 is 0 Å². The highest BCUT2D eigenvalue weighted by Crippen LogP contribution is 2.28. The summed E-state index contributed by atoms with van der Waals surface area (Å²) in [5.41, 5.74) is 0.841. The van der Waals surface area contributed by atoms with Gasteiger partial charge in [0.2, 0.25) is 0 Å². The van der Waals surface area contributed by atoms with Crippen molar-refractivity contribution in [2.45, 2.75) is 6.92 Å². The number of nitrogens with one attached hydrogen (secondary N) is 2. The predicted octanol–water partition coefficient (Wildman–Crippen LogP) is 2.93. The molecule has 1 fully saturated rings. The van der Waals surface area contributed by atoms with Crippen LogP contribution in [0.4, 0.5) is 17.3 Å². The quantitative estimate of drug-likeness (QED) is 0.768. The monoisotopic (exact) mass is 377 g/mol. The van der Waals surface area contributed by atoms with Crippen LogP contribution in [0.25, 0.3) is 0 Å². The van der Waals surface area contributed by atoms with Gasteiger partial charge in [-0.25, -0.2) is 9.97 Å². The minimum atomic E-state index is 0.548. The molecule has 2 heterocycles. The van der Waals surface area contributed by atoms with Crippen LogP contribution in [0.2, 0.25) is 5.02 Å². The molecule has 2 N–H and O–H groups in total. The van der Waals surface area contributed by atoms with Crippen molar-refractivity contribution in [2.75, 3.05) is 57.1 Å². The van der Waals surface area contributed by atoms with Crippen molar-refractivity contribution in [1.82, 2.24) is 14.9 Å². The van der Waals surface area contributed by atoms with E-state index in [1.807, 2.05) is 31.2 Å². The van der Waals surface area contributed by atoms with Crippen molar-refractivity contribution in [3.8, 4) is 5.75 Å². The molecule has 0 bridgehead atoms. The number of benzene rings is 1. The molecule has 140 valence electrons. The maximum Gasteiger partial charge on any atom is 0.137 e. The van der Waals surface area contributed by atoms with Crippen molar-refractivity contribution in [3.05, 3.63) is 35.1 Å². The lowest BCUT2D eigenvalue weighted by atomic mass is 10.3. The lowest BCUT2D eigenvalue weighted by Gasteiger charge is -2.26. The molecule has 1 aliphatic rings. The summed E-state index contributed by atoms with van der Waals surface area (Å²) in [6, 6.07) is 7.42. The number of halogens is 1. The first-order chi connectivity index (χ1) is 12.6. The minimum absolute atomic E-state index is 0.548.